The van der Waals surface area contributed by atoms with Crippen LogP contribution >= 0.6 is 0 Å². The summed E-state index contributed by atoms with van der Waals surface area (Å²) in [5.41, 5.74) is 4.17. The molecule has 74 valence electrons. The second-order valence-electron chi connectivity index (χ2n) is 2.92. The zero-order valence-corrected chi connectivity index (χ0v) is 8.12. The van der Waals surface area contributed by atoms with Crippen molar-refractivity contribution in [2.75, 3.05) is 6.61 Å². The molecule has 1 unspecified atom stereocenters. The number of aliphatic hydroxyl groups is 1. The average molecular weight is 175 g/mol. The fourth-order valence-corrected chi connectivity index (χ4v) is 0.834. The molecule has 0 aromatic rings. The van der Waals surface area contributed by atoms with Crippen molar-refractivity contribution in [2.24, 2.45) is 11.7 Å². The Balaban J connectivity index is 0. The van der Waals surface area contributed by atoms with Gasteiger partial charge in [0.2, 0.25) is 6.41 Å². The molecule has 0 aliphatic rings. The Bertz CT molecular complexity index is 86.6. The SMILES string of the molecule is CCCCCC(C)CO.NC=O. The molecule has 0 spiro atoms. The standard InChI is InChI=1S/C8H18O.CH3NO/c1-3-4-5-6-8(2)7-9;2-1-3/h8-9H,3-7H2,1-2H3;1H,(H2,2,3). The van der Waals surface area contributed by atoms with Crippen LogP contribution in [0.15, 0.2) is 0 Å². The first-order valence-electron chi connectivity index (χ1n) is 4.49. The number of carbonyl (C=O) groups excluding carboxylic acids is 1. The first kappa shape index (κ1) is 14.0. The Morgan fingerprint density at radius 2 is 2.00 bits per heavy atom. The lowest BCUT2D eigenvalue weighted by atomic mass is 10.0. The molecule has 12 heavy (non-hydrogen) atoms. The number of nitrogens with two attached hydrogens (primary N) is 1. The van der Waals surface area contributed by atoms with E-state index in [0.717, 1.165) is 0 Å². The minimum absolute atomic E-state index is 0.250. The maximum Gasteiger partial charge on any atom is 0.204 e. The van der Waals surface area contributed by atoms with Crippen LogP contribution in [0.4, 0.5) is 0 Å². The third kappa shape index (κ3) is 16.2. The summed E-state index contributed by atoms with van der Waals surface area (Å²) in [5.74, 6) is 0.511. The van der Waals surface area contributed by atoms with Gasteiger partial charge >= 0.3 is 0 Å². The van der Waals surface area contributed by atoms with E-state index in [0.29, 0.717) is 12.5 Å². The highest BCUT2D eigenvalue weighted by atomic mass is 16.3. The molecule has 0 radical (unpaired) electrons. The summed E-state index contributed by atoms with van der Waals surface area (Å²) in [6.07, 6.45) is 5.30. The van der Waals surface area contributed by atoms with Gasteiger partial charge in [0.15, 0.2) is 0 Å². The van der Waals surface area contributed by atoms with Crippen LogP contribution in [-0.4, -0.2) is 18.1 Å². The summed E-state index contributed by atoms with van der Waals surface area (Å²) >= 11 is 0. The number of amides is 1. The van der Waals surface area contributed by atoms with Crippen molar-refractivity contribution in [3.63, 3.8) is 0 Å². The van der Waals surface area contributed by atoms with Crippen LogP contribution < -0.4 is 5.73 Å². The number of hydrogen-bond acceptors (Lipinski definition) is 2. The van der Waals surface area contributed by atoms with Crippen LogP contribution in [0.3, 0.4) is 0 Å². The van der Waals surface area contributed by atoms with Gasteiger partial charge < -0.3 is 10.8 Å². The zero-order valence-electron chi connectivity index (χ0n) is 8.12. The number of carbonyl (C=O) groups is 1. The van der Waals surface area contributed by atoms with Crippen LogP contribution in [0, 0.1) is 5.92 Å². The smallest absolute Gasteiger partial charge is 0.204 e. The van der Waals surface area contributed by atoms with E-state index in [2.05, 4.69) is 19.6 Å². The summed E-state index contributed by atoms with van der Waals surface area (Å²) in [6, 6.07) is 0. The van der Waals surface area contributed by atoms with E-state index in [4.69, 9.17) is 9.90 Å². The first-order chi connectivity index (χ1) is 5.72. The van der Waals surface area contributed by atoms with E-state index in [1.54, 1.807) is 0 Å². The van der Waals surface area contributed by atoms with Crippen LogP contribution in [0.25, 0.3) is 0 Å². The predicted molar refractivity (Wildman–Crippen MR) is 50.6 cm³/mol. The van der Waals surface area contributed by atoms with Crippen molar-refractivity contribution in [2.45, 2.75) is 39.5 Å². The van der Waals surface area contributed by atoms with E-state index in [1.165, 1.54) is 25.7 Å². The lowest BCUT2D eigenvalue weighted by molar-refractivity contribution is -0.106. The Kier molecular flexibility index (Phi) is 15.2. The van der Waals surface area contributed by atoms with Crippen LogP contribution in [0.5, 0.6) is 0 Å². The molecule has 3 nitrogen and oxygen atoms in total. The normalized spacial score (nSPS) is 11.2. The predicted octanol–water partition coefficient (Wildman–Crippen LogP) is 1.30. The lowest BCUT2D eigenvalue weighted by Crippen LogP contribution is -1.99. The van der Waals surface area contributed by atoms with Gasteiger partial charge in [-0.2, -0.15) is 0 Å². The second kappa shape index (κ2) is 13.1. The van der Waals surface area contributed by atoms with Gasteiger partial charge in [-0.25, -0.2) is 0 Å². The Labute approximate surface area is 75.0 Å². The third-order valence-electron chi connectivity index (χ3n) is 1.61. The number of unbranched alkanes of at least 4 members (excludes halogenated alkanes) is 2. The summed E-state index contributed by atoms with van der Waals surface area (Å²) in [6.45, 7) is 4.64. The Morgan fingerprint density at radius 1 is 1.50 bits per heavy atom. The van der Waals surface area contributed by atoms with Gasteiger partial charge in [0.05, 0.1) is 0 Å². The molecular weight excluding hydrogens is 154 g/mol. The summed E-state index contributed by atoms with van der Waals surface area (Å²) in [7, 11) is 0. The van der Waals surface area contributed by atoms with E-state index >= 15 is 0 Å². The molecule has 3 heteroatoms. The van der Waals surface area contributed by atoms with Gasteiger partial charge in [0, 0.05) is 6.61 Å². The summed E-state index contributed by atoms with van der Waals surface area (Å²) in [4.78, 5) is 8.58. The molecule has 1 atom stereocenters. The Morgan fingerprint density at radius 3 is 2.33 bits per heavy atom. The van der Waals surface area contributed by atoms with E-state index in [9.17, 15) is 0 Å². The van der Waals surface area contributed by atoms with Gasteiger partial charge in [0.1, 0.15) is 0 Å². The van der Waals surface area contributed by atoms with Crippen molar-refractivity contribution < 1.29 is 9.90 Å². The van der Waals surface area contributed by atoms with Gasteiger partial charge in [-0.1, -0.05) is 33.1 Å². The molecule has 1 amide bonds. The molecule has 0 aliphatic carbocycles. The largest absolute Gasteiger partial charge is 0.396 e. The second-order valence-corrected chi connectivity index (χ2v) is 2.92. The number of primary amides is 1. The van der Waals surface area contributed by atoms with Crippen molar-refractivity contribution in [3.8, 4) is 0 Å². The Hall–Kier alpha value is -0.570. The topological polar surface area (TPSA) is 63.3 Å². The zero-order chi connectivity index (χ0) is 9.82. The molecule has 0 rings (SSSR count). The van der Waals surface area contributed by atoms with Crippen molar-refractivity contribution >= 4 is 6.41 Å². The minimum Gasteiger partial charge on any atom is -0.396 e. The molecule has 0 bridgehead atoms. The number of hydrogen-bond donors (Lipinski definition) is 2. The molecule has 0 aliphatic heterocycles. The van der Waals surface area contributed by atoms with E-state index < -0.39 is 0 Å². The molecule has 0 heterocycles. The maximum atomic E-state index is 8.63. The fraction of sp³-hybridized carbons (Fsp3) is 0.889. The minimum atomic E-state index is 0.250. The quantitative estimate of drug-likeness (QED) is 0.488. The highest BCUT2D eigenvalue weighted by Gasteiger charge is 1.96. The molecule has 0 fully saturated rings. The molecule has 0 saturated carbocycles. The van der Waals surface area contributed by atoms with E-state index in [1.807, 2.05) is 0 Å². The van der Waals surface area contributed by atoms with Crippen LogP contribution in [0.1, 0.15) is 39.5 Å². The van der Waals surface area contributed by atoms with Gasteiger partial charge in [-0.15, -0.1) is 0 Å². The summed E-state index contributed by atoms with van der Waals surface area (Å²) in [5, 5.41) is 8.63. The third-order valence-corrected chi connectivity index (χ3v) is 1.61. The maximum absolute atomic E-state index is 8.63. The highest BCUT2D eigenvalue weighted by molar-refractivity contribution is 5.42. The number of rotatable bonds is 5. The molecule has 3 N–H and O–H groups in total. The lowest BCUT2D eigenvalue weighted by Gasteiger charge is -2.04. The average Bonchev–Trinajstić information content (AvgIpc) is 2.06. The molecule has 0 aromatic heterocycles. The summed E-state index contributed by atoms with van der Waals surface area (Å²) < 4.78 is 0. The first-order valence-corrected chi connectivity index (χ1v) is 4.49. The van der Waals surface area contributed by atoms with Crippen LogP contribution in [-0.2, 0) is 4.79 Å². The number of aliphatic hydroxyl groups excluding tert-OH is 1. The monoisotopic (exact) mass is 175 g/mol. The van der Waals surface area contributed by atoms with E-state index in [-0.39, 0.29) is 6.41 Å². The van der Waals surface area contributed by atoms with Gasteiger partial charge in [0.25, 0.3) is 0 Å². The molecule has 0 saturated heterocycles. The highest BCUT2D eigenvalue weighted by Crippen LogP contribution is 2.07. The van der Waals surface area contributed by atoms with Gasteiger partial charge in [-0.3, -0.25) is 4.79 Å². The van der Waals surface area contributed by atoms with Crippen LogP contribution in [0.2, 0.25) is 0 Å². The molecular formula is C9H21NO2. The van der Waals surface area contributed by atoms with Crippen molar-refractivity contribution in [1.29, 1.82) is 0 Å². The van der Waals surface area contributed by atoms with Crippen molar-refractivity contribution in [3.05, 3.63) is 0 Å². The van der Waals surface area contributed by atoms with Gasteiger partial charge in [-0.05, 0) is 12.3 Å². The fourth-order valence-electron chi connectivity index (χ4n) is 0.834. The van der Waals surface area contributed by atoms with Crippen molar-refractivity contribution in [1.82, 2.24) is 0 Å². The molecule has 0 aromatic carbocycles.